The van der Waals surface area contributed by atoms with E-state index in [1.165, 1.54) is 0 Å². The summed E-state index contributed by atoms with van der Waals surface area (Å²) in [5.74, 6) is 0.731. The van der Waals surface area contributed by atoms with Crippen LogP contribution in [-0.2, 0) is 21.1 Å². The van der Waals surface area contributed by atoms with Gasteiger partial charge in [-0.3, -0.25) is 14.7 Å². The fraction of sp³-hybridized carbons (Fsp3) is 0.433. The fourth-order valence-corrected chi connectivity index (χ4v) is 6.94. The van der Waals surface area contributed by atoms with Crippen molar-refractivity contribution in [3.8, 4) is 17.0 Å². The number of Topliss-reactive ketones (excluding diaryl/α,β-unsaturated/α-hetero) is 1. The van der Waals surface area contributed by atoms with Gasteiger partial charge in [0.2, 0.25) is 5.91 Å². The number of benzene rings is 2. The molecular weight excluding hydrogens is 494 g/mol. The Bertz CT molecular complexity index is 1360. The Balaban J connectivity index is 1.50. The van der Waals surface area contributed by atoms with E-state index in [-0.39, 0.29) is 29.3 Å². The number of carbonyl (C=O) groups excluding carboxylic acids is 2. The first-order valence-electron chi connectivity index (χ1n) is 13.3. The molecule has 2 N–H and O–H groups in total. The summed E-state index contributed by atoms with van der Waals surface area (Å²) in [5, 5.41) is 10.5. The lowest BCUT2D eigenvalue weighted by molar-refractivity contribution is -0.120. The highest BCUT2D eigenvalue weighted by atomic mass is 28.4. The number of aromatic amines is 1. The van der Waals surface area contributed by atoms with Crippen molar-refractivity contribution in [2.24, 2.45) is 0 Å². The lowest BCUT2D eigenvalue weighted by atomic mass is 9.76. The number of hydrogen-bond acceptors (Lipinski definition) is 5. The molecule has 3 aromatic rings. The van der Waals surface area contributed by atoms with Crippen LogP contribution < -0.4 is 10.1 Å². The number of aromatic nitrogens is 2. The summed E-state index contributed by atoms with van der Waals surface area (Å²) in [6, 6.07) is 13.2. The van der Waals surface area contributed by atoms with Crippen LogP contribution in [0.4, 0.5) is 5.69 Å². The van der Waals surface area contributed by atoms with Gasteiger partial charge in [-0.1, -0.05) is 32.9 Å². The molecule has 1 aliphatic heterocycles. The highest BCUT2D eigenvalue weighted by Gasteiger charge is 2.54. The second-order valence-electron chi connectivity index (χ2n) is 12.1. The summed E-state index contributed by atoms with van der Waals surface area (Å²) in [4.78, 5) is 27.0. The molecule has 0 radical (unpaired) electrons. The van der Waals surface area contributed by atoms with Crippen LogP contribution in [0.15, 0.2) is 48.7 Å². The van der Waals surface area contributed by atoms with E-state index in [0.717, 1.165) is 34.6 Å². The van der Waals surface area contributed by atoms with E-state index >= 15 is 0 Å². The average Bonchev–Trinajstić information content (AvgIpc) is 3.59. The van der Waals surface area contributed by atoms with Crippen molar-refractivity contribution in [1.82, 2.24) is 10.2 Å². The minimum Gasteiger partial charge on any atom is -0.497 e. The molecule has 1 spiro atoms. The first-order valence-corrected chi connectivity index (χ1v) is 16.2. The number of H-pyrrole nitrogens is 1. The van der Waals surface area contributed by atoms with Crippen LogP contribution in [-0.4, -0.2) is 43.4 Å². The van der Waals surface area contributed by atoms with Gasteiger partial charge in [0.1, 0.15) is 5.75 Å². The molecule has 5 rings (SSSR count). The summed E-state index contributed by atoms with van der Waals surface area (Å²) < 4.78 is 12.0. The van der Waals surface area contributed by atoms with E-state index in [0.29, 0.717) is 24.1 Å². The zero-order valence-electron chi connectivity index (χ0n) is 23.1. The van der Waals surface area contributed by atoms with Crippen LogP contribution in [0.25, 0.3) is 11.3 Å². The van der Waals surface area contributed by atoms with E-state index in [9.17, 15) is 9.59 Å². The predicted octanol–water partition coefficient (Wildman–Crippen LogP) is 6.27. The molecule has 1 fully saturated rings. The van der Waals surface area contributed by atoms with Crippen LogP contribution in [0.3, 0.4) is 0 Å². The van der Waals surface area contributed by atoms with Crippen LogP contribution in [0.2, 0.25) is 18.1 Å². The summed E-state index contributed by atoms with van der Waals surface area (Å²) in [7, 11) is -0.366. The Kier molecular flexibility index (Phi) is 6.60. The molecule has 1 saturated carbocycles. The third-order valence-corrected chi connectivity index (χ3v) is 13.2. The van der Waals surface area contributed by atoms with Gasteiger partial charge in [-0.25, -0.2) is 0 Å². The molecule has 2 aliphatic rings. The maximum atomic E-state index is 13.6. The van der Waals surface area contributed by atoms with Crippen molar-refractivity contribution in [1.29, 1.82) is 0 Å². The van der Waals surface area contributed by atoms with Gasteiger partial charge in [0, 0.05) is 41.1 Å². The topological polar surface area (TPSA) is 93.3 Å². The second-order valence-corrected chi connectivity index (χ2v) is 16.9. The van der Waals surface area contributed by atoms with Gasteiger partial charge >= 0.3 is 0 Å². The Morgan fingerprint density at radius 1 is 1.16 bits per heavy atom. The molecule has 2 heterocycles. The van der Waals surface area contributed by atoms with E-state index < -0.39 is 13.7 Å². The SMILES string of the molecule is COc1ccc(CC(=O)c2cc3c(c(-c4ccn[nH]4)c2)C2(CCC(O[Si](C)(C)C(C)(C)C)C2)C(=O)N3)cc1. The number of nitrogens with zero attached hydrogens (tertiary/aromatic N) is 1. The lowest BCUT2D eigenvalue weighted by Gasteiger charge is -2.38. The van der Waals surface area contributed by atoms with Crippen LogP contribution in [0.5, 0.6) is 5.75 Å². The monoisotopic (exact) mass is 531 g/mol. The normalized spacial score (nSPS) is 21.0. The summed E-state index contributed by atoms with van der Waals surface area (Å²) in [5.41, 5.74) is 4.10. The number of fused-ring (bicyclic) bond motifs is 2. The number of rotatable bonds is 7. The van der Waals surface area contributed by atoms with Gasteiger partial charge in [0.05, 0.1) is 18.2 Å². The molecule has 200 valence electrons. The third kappa shape index (κ3) is 4.60. The van der Waals surface area contributed by atoms with E-state index in [1.807, 2.05) is 42.5 Å². The summed E-state index contributed by atoms with van der Waals surface area (Å²) in [6.45, 7) is 11.2. The first-order chi connectivity index (χ1) is 17.9. The highest BCUT2D eigenvalue weighted by Crippen LogP contribution is 2.54. The van der Waals surface area contributed by atoms with Crippen molar-refractivity contribution < 1.29 is 18.8 Å². The Labute approximate surface area is 225 Å². The van der Waals surface area contributed by atoms with Crippen molar-refractivity contribution >= 4 is 25.7 Å². The predicted molar refractivity (Wildman–Crippen MR) is 151 cm³/mol. The van der Waals surface area contributed by atoms with Gasteiger partial charge < -0.3 is 14.5 Å². The largest absolute Gasteiger partial charge is 0.497 e. The van der Waals surface area contributed by atoms with E-state index in [4.69, 9.17) is 9.16 Å². The molecule has 2 unspecified atom stereocenters. The molecule has 38 heavy (non-hydrogen) atoms. The summed E-state index contributed by atoms with van der Waals surface area (Å²) >= 11 is 0. The van der Waals surface area contributed by atoms with Crippen molar-refractivity contribution in [3.63, 3.8) is 0 Å². The highest BCUT2D eigenvalue weighted by molar-refractivity contribution is 6.74. The number of anilines is 1. The van der Waals surface area contributed by atoms with Gasteiger partial charge in [0.25, 0.3) is 0 Å². The molecule has 2 atom stereocenters. The van der Waals surface area contributed by atoms with Crippen molar-refractivity contribution in [2.75, 3.05) is 12.4 Å². The maximum absolute atomic E-state index is 13.6. The number of amides is 1. The van der Waals surface area contributed by atoms with Crippen LogP contribution in [0, 0.1) is 0 Å². The second kappa shape index (κ2) is 9.50. The summed E-state index contributed by atoms with van der Waals surface area (Å²) in [6.07, 6.45) is 4.16. The molecular formula is C30H37N3O4Si. The average molecular weight is 532 g/mol. The molecule has 1 aromatic heterocycles. The Morgan fingerprint density at radius 2 is 1.89 bits per heavy atom. The molecule has 0 bridgehead atoms. The number of carbonyl (C=O) groups is 2. The van der Waals surface area contributed by atoms with Gasteiger partial charge in [-0.2, -0.15) is 5.10 Å². The maximum Gasteiger partial charge on any atom is 0.235 e. The van der Waals surface area contributed by atoms with Crippen LogP contribution in [0.1, 0.15) is 61.5 Å². The molecule has 0 saturated heterocycles. The zero-order chi connectivity index (χ0) is 27.3. The van der Waals surface area contributed by atoms with Crippen molar-refractivity contribution in [2.45, 2.75) is 76.1 Å². The van der Waals surface area contributed by atoms with Crippen molar-refractivity contribution in [3.05, 3.63) is 65.4 Å². The number of nitrogens with one attached hydrogen (secondary N) is 2. The standard InChI is InChI=1S/C30H37N3O4Si/c1-29(2,3)38(5,6)37-22-11-13-30(18-22)27-23(24-12-14-31-33-24)16-20(17-25(27)32-28(30)35)26(34)15-19-7-9-21(36-4)10-8-19/h7-10,12,14,16-17,22H,11,13,15,18H2,1-6H3,(H,31,33)(H,32,35). The molecule has 1 aliphatic carbocycles. The number of methoxy groups -OCH3 is 1. The number of ether oxygens (including phenoxy) is 1. The zero-order valence-corrected chi connectivity index (χ0v) is 24.1. The van der Waals surface area contributed by atoms with Gasteiger partial charge in [-0.05, 0) is 73.3 Å². The Hall–Kier alpha value is -3.23. The Morgan fingerprint density at radius 3 is 2.53 bits per heavy atom. The van der Waals surface area contributed by atoms with E-state index in [1.54, 1.807) is 13.3 Å². The van der Waals surface area contributed by atoms with Gasteiger partial charge in [-0.15, -0.1) is 0 Å². The minimum atomic E-state index is -1.99. The molecule has 2 aromatic carbocycles. The fourth-order valence-electron chi connectivity index (χ4n) is 5.55. The van der Waals surface area contributed by atoms with Gasteiger partial charge in [0.15, 0.2) is 14.1 Å². The molecule has 8 heteroatoms. The van der Waals surface area contributed by atoms with Crippen LogP contribution >= 0.6 is 0 Å². The number of hydrogen-bond donors (Lipinski definition) is 2. The molecule has 1 amide bonds. The quantitative estimate of drug-likeness (QED) is 0.277. The minimum absolute atomic E-state index is 0.00523. The third-order valence-electron chi connectivity index (χ3n) is 8.67. The lowest BCUT2D eigenvalue weighted by Crippen LogP contribution is -2.44. The first kappa shape index (κ1) is 26.4. The molecule has 7 nitrogen and oxygen atoms in total. The van der Waals surface area contributed by atoms with E-state index in [2.05, 4.69) is 49.4 Å². The number of ketones is 1. The smallest absolute Gasteiger partial charge is 0.235 e.